The van der Waals surface area contributed by atoms with Crippen molar-refractivity contribution in [3.8, 4) is 10.7 Å². The summed E-state index contributed by atoms with van der Waals surface area (Å²) in [7, 11) is 0. The van der Waals surface area contributed by atoms with Gasteiger partial charge in [-0.25, -0.2) is 4.39 Å². The molecule has 8 heteroatoms. The molecule has 2 heterocycles. The Labute approximate surface area is 169 Å². The van der Waals surface area contributed by atoms with Crippen molar-refractivity contribution in [1.82, 2.24) is 15.0 Å². The molecule has 0 bridgehead atoms. The highest BCUT2D eigenvalue weighted by Gasteiger charge is 2.16. The molecule has 0 saturated carbocycles. The summed E-state index contributed by atoms with van der Waals surface area (Å²) in [6.07, 6.45) is 1.48. The first kappa shape index (κ1) is 19.7. The SMILES string of the molecule is CCN(Cc1cc(Br)ccc1F)C(=O)CCCc1nc(-c2cccs2)no1. The molecule has 0 radical (unpaired) electrons. The van der Waals surface area contributed by atoms with Crippen molar-refractivity contribution in [2.24, 2.45) is 0 Å². The van der Waals surface area contributed by atoms with Gasteiger partial charge in [0.05, 0.1) is 4.88 Å². The normalized spacial score (nSPS) is 10.9. The summed E-state index contributed by atoms with van der Waals surface area (Å²) in [4.78, 5) is 19.4. The van der Waals surface area contributed by atoms with Gasteiger partial charge in [-0.2, -0.15) is 4.98 Å². The standard InChI is InChI=1S/C19H19BrFN3O2S/c1-2-24(12-13-11-14(20)8-9-15(13)21)18(25)7-3-6-17-22-19(23-26-17)16-5-4-10-27-16/h4-5,8-11H,2-3,6-7,12H2,1H3. The molecule has 0 fully saturated rings. The highest BCUT2D eigenvalue weighted by molar-refractivity contribution is 9.10. The van der Waals surface area contributed by atoms with Crippen LogP contribution in [0.15, 0.2) is 44.7 Å². The third-order valence-corrected chi connectivity index (χ3v) is 5.45. The second kappa shape index (κ2) is 9.23. The van der Waals surface area contributed by atoms with Crippen LogP contribution in [0.2, 0.25) is 0 Å². The fraction of sp³-hybridized carbons (Fsp3) is 0.316. The van der Waals surface area contributed by atoms with E-state index < -0.39 is 0 Å². The number of carbonyl (C=O) groups excluding carboxylic acids is 1. The van der Waals surface area contributed by atoms with Crippen LogP contribution >= 0.6 is 27.3 Å². The first-order valence-electron chi connectivity index (χ1n) is 8.65. The molecule has 0 atom stereocenters. The van der Waals surface area contributed by atoms with Crippen LogP contribution < -0.4 is 0 Å². The topological polar surface area (TPSA) is 59.2 Å². The second-order valence-corrected chi connectivity index (χ2v) is 7.85. The maximum atomic E-state index is 13.9. The Bertz CT molecular complexity index is 898. The summed E-state index contributed by atoms with van der Waals surface area (Å²) in [6.45, 7) is 2.66. The molecular formula is C19H19BrFN3O2S. The van der Waals surface area contributed by atoms with E-state index in [1.165, 1.54) is 6.07 Å². The lowest BCUT2D eigenvalue weighted by Gasteiger charge is -2.21. The van der Waals surface area contributed by atoms with Gasteiger partial charge in [0.1, 0.15) is 5.82 Å². The number of amides is 1. The lowest BCUT2D eigenvalue weighted by Crippen LogP contribution is -2.30. The Kier molecular flexibility index (Phi) is 6.73. The van der Waals surface area contributed by atoms with Gasteiger partial charge in [-0.3, -0.25) is 4.79 Å². The van der Waals surface area contributed by atoms with Crippen molar-refractivity contribution in [3.05, 3.63) is 57.5 Å². The summed E-state index contributed by atoms with van der Waals surface area (Å²) >= 11 is 4.88. The molecule has 0 aliphatic rings. The van der Waals surface area contributed by atoms with Crippen molar-refractivity contribution in [1.29, 1.82) is 0 Å². The molecule has 0 N–H and O–H groups in total. The highest BCUT2D eigenvalue weighted by Crippen LogP contribution is 2.22. The van der Waals surface area contributed by atoms with E-state index in [0.717, 1.165) is 9.35 Å². The molecule has 0 unspecified atom stereocenters. The van der Waals surface area contributed by atoms with E-state index in [1.54, 1.807) is 28.4 Å². The largest absolute Gasteiger partial charge is 0.339 e. The number of hydrogen-bond donors (Lipinski definition) is 0. The van der Waals surface area contributed by atoms with Crippen LogP contribution in [0, 0.1) is 5.82 Å². The van der Waals surface area contributed by atoms with Crippen molar-refractivity contribution < 1.29 is 13.7 Å². The number of thiophene rings is 1. The van der Waals surface area contributed by atoms with Gasteiger partial charge in [0.2, 0.25) is 17.6 Å². The first-order valence-corrected chi connectivity index (χ1v) is 10.3. The fourth-order valence-corrected chi connectivity index (χ4v) is 3.72. The van der Waals surface area contributed by atoms with Gasteiger partial charge in [0, 0.05) is 36.0 Å². The molecule has 3 aromatic rings. The van der Waals surface area contributed by atoms with Gasteiger partial charge in [0.25, 0.3) is 0 Å². The molecule has 0 spiro atoms. The Morgan fingerprint density at radius 2 is 2.22 bits per heavy atom. The van der Waals surface area contributed by atoms with E-state index in [4.69, 9.17) is 4.52 Å². The van der Waals surface area contributed by atoms with Crippen LogP contribution in [0.1, 0.15) is 31.2 Å². The van der Waals surface area contributed by atoms with E-state index in [0.29, 0.717) is 43.1 Å². The van der Waals surface area contributed by atoms with E-state index >= 15 is 0 Å². The minimum absolute atomic E-state index is 0.0186. The Balaban J connectivity index is 1.52. The van der Waals surface area contributed by atoms with Crippen LogP contribution in [-0.2, 0) is 17.8 Å². The Morgan fingerprint density at radius 1 is 1.37 bits per heavy atom. The molecule has 0 aliphatic heterocycles. The van der Waals surface area contributed by atoms with E-state index in [9.17, 15) is 9.18 Å². The number of aromatic nitrogens is 2. The highest BCUT2D eigenvalue weighted by atomic mass is 79.9. The molecule has 1 amide bonds. The van der Waals surface area contributed by atoms with Crippen molar-refractivity contribution in [3.63, 3.8) is 0 Å². The smallest absolute Gasteiger partial charge is 0.226 e. The van der Waals surface area contributed by atoms with Gasteiger partial charge in [-0.1, -0.05) is 27.2 Å². The lowest BCUT2D eigenvalue weighted by molar-refractivity contribution is -0.131. The van der Waals surface area contributed by atoms with Crippen molar-refractivity contribution in [2.45, 2.75) is 32.7 Å². The van der Waals surface area contributed by atoms with Gasteiger partial charge >= 0.3 is 0 Å². The molecular weight excluding hydrogens is 433 g/mol. The van der Waals surface area contributed by atoms with Crippen LogP contribution in [0.4, 0.5) is 4.39 Å². The van der Waals surface area contributed by atoms with Gasteiger partial charge in [-0.05, 0) is 43.0 Å². The third-order valence-electron chi connectivity index (χ3n) is 4.09. The molecule has 5 nitrogen and oxygen atoms in total. The summed E-state index contributed by atoms with van der Waals surface area (Å²) in [5.74, 6) is 0.769. The summed E-state index contributed by atoms with van der Waals surface area (Å²) in [6, 6.07) is 8.62. The molecule has 142 valence electrons. The molecule has 3 rings (SSSR count). The predicted octanol–water partition coefficient (Wildman–Crippen LogP) is 5.07. The van der Waals surface area contributed by atoms with Crippen molar-refractivity contribution >= 4 is 33.2 Å². The Morgan fingerprint density at radius 3 is 2.96 bits per heavy atom. The van der Waals surface area contributed by atoms with Gasteiger partial charge < -0.3 is 9.42 Å². The number of hydrogen-bond acceptors (Lipinski definition) is 5. The maximum Gasteiger partial charge on any atom is 0.226 e. The molecule has 1 aromatic carbocycles. The minimum atomic E-state index is -0.309. The van der Waals surface area contributed by atoms with Crippen molar-refractivity contribution in [2.75, 3.05) is 6.54 Å². The monoisotopic (exact) mass is 451 g/mol. The predicted molar refractivity (Wildman–Crippen MR) is 106 cm³/mol. The third kappa shape index (κ3) is 5.23. The number of rotatable bonds is 8. The van der Waals surface area contributed by atoms with Gasteiger partial charge in [0.15, 0.2) is 0 Å². The second-order valence-electron chi connectivity index (χ2n) is 5.99. The Hall–Kier alpha value is -2.06. The van der Waals surface area contributed by atoms with Crippen LogP contribution in [0.25, 0.3) is 10.7 Å². The number of carbonyl (C=O) groups is 1. The average molecular weight is 452 g/mol. The zero-order valence-electron chi connectivity index (χ0n) is 14.8. The molecule has 27 heavy (non-hydrogen) atoms. The molecule has 0 aliphatic carbocycles. The van der Waals surface area contributed by atoms with E-state index in [2.05, 4.69) is 26.1 Å². The summed E-state index contributed by atoms with van der Waals surface area (Å²) in [5.41, 5.74) is 0.497. The number of halogens is 2. The zero-order valence-corrected chi connectivity index (χ0v) is 17.2. The number of nitrogens with zero attached hydrogens (tertiary/aromatic N) is 3. The minimum Gasteiger partial charge on any atom is -0.339 e. The molecule has 0 saturated heterocycles. The van der Waals surface area contributed by atoms with Crippen LogP contribution in [-0.4, -0.2) is 27.5 Å². The maximum absolute atomic E-state index is 13.9. The van der Waals surface area contributed by atoms with E-state index in [-0.39, 0.29) is 18.3 Å². The number of benzene rings is 1. The van der Waals surface area contributed by atoms with Crippen LogP contribution in [0.5, 0.6) is 0 Å². The zero-order chi connectivity index (χ0) is 19.2. The summed E-state index contributed by atoms with van der Waals surface area (Å²) < 4.78 is 20.0. The quantitative estimate of drug-likeness (QED) is 0.479. The summed E-state index contributed by atoms with van der Waals surface area (Å²) in [5, 5.41) is 5.92. The van der Waals surface area contributed by atoms with E-state index in [1.807, 2.05) is 24.4 Å². The fourth-order valence-electron chi connectivity index (χ4n) is 2.66. The first-order chi connectivity index (χ1) is 13.1. The van der Waals surface area contributed by atoms with Gasteiger partial charge in [-0.15, -0.1) is 11.3 Å². The molecule has 2 aromatic heterocycles. The van der Waals surface area contributed by atoms with Crippen LogP contribution in [0.3, 0.4) is 0 Å². The number of aryl methyl sites for hydroxylation is 1. The lowest BCUT2D eigenvalue weighted by atomic mass is 10.1. The average Bonchev–Trinajstić information content (AvgIpc) is 3.33.